The summed E-state index contributed by atoms with van der Waals surface area (Å²) in [6, 6.07) is 9.10. The summed E-state index contributed by atoms with van der Waals surface area (Å²) in [6.45, 7) is 6.08. The van der Waals surface area contributed by atoms with Gasteiger partial charge in [-0.3, -0.25) is 4.57 Å². The van der Waals surface area contributed by atoms with E-state index in [-0.39, 0.29) is 11.1 Å². The lowest BCUT2D eigenvalue weighted by atomic mass is 9.97. The van der Waals surface area contributed by atoms with Crippen molar-refractivity contribution in [3.63, 3.8) is 0 Å². The van der Waals surface area contributed by atoms with Crippen LogP contribution in [0.25, 0.3) is 5.69 Å². The molecule has 1 aromatic carbocycles. The molecular weight excluding hydrogens is 298 g/mol. The highest BCUT2D eigenvalue weighted by atomic mass is 35.7. The second-order valence-corrected chi connectivity index (χ2v) is 7.44. The van der Waals surface area contributed by atoms with Gasteiger partial charge in [0.15, 0.2) is 0 Å². The predicted molar refractivity (Wildman–Crippen MR) is 77.7 cm³/mol. The van der Waals surface area contributed by atoms with Crippen molar-refractivity contribution in [2.24, 2.45) is 5.92 Å². The van der Waals surface area contributed by atoms with Crippen LogP contribution in [0.15, 0.2) is 35.5 Å². The van der Waals surface area contributed by atoms with Crippen LogP contribution in [0.2, 0.25) is 0 Å². The summed E-state index contributed by atoms with van der Waals surface area (Å²) in [4.78, 5) is 0. The van der Waals surface area contributed by atoms with E-state index in [0.717, 1.165) is 0 Å². The summed E-state index contributed by atoms with van der Waals surface area (Å²) in [7, 11) is 1.50. The third kappa shape index (κ3) is 2.86. The zero-order valence-electron chi connectivity index (χ0n) is 11.5. The van der Waals surface area contributed by atoms with Crippen LogP contribution in [-0.4, -0.2) is 23.2 Å². The number of para-hydroxylation sites is 1. The monoisotopic (exact) mass is 313 g/mol. The Balaban J connectivity index is 2.70. The molecule has 2 rings (SSSR count). The van der Waals surface area contributed by atoms with Gasteiger partial charge in [0.05, 0.1) is 0 Å². The molecule has 0 aliphatic rings. The van der Waals surface area contributed by atoms with Crippen LogP contribution < -0.4 is 0 Å². The van der Waals surface area contributed by atoms with Gasteiger partial charge >= 0.3 is 0 Å². The summed E-state index contributed by atoms with van der Waals surface area (Å²) in [5, 5.41) is 7.55. The fourth-order valence-electron chi connectivity index (χ4n) is 1.85. The highest BCUT2D eigenvalue weighted by Crippen LogP contribution is 2.28. The molecule has 0 amide bonds. The fraction of sp³-hybridized carbons (Fsp3) is 0.385. The van der Waals surface area contributed by atoms with Crippen LogP contribution in [0.3, 0.4) is 0 Å². The number of aromatic nitrogens is 3. The highest BCUT2D eigenvalue weighted by Gasteiger charge is 2.27. The number of halogens is 1. The Bertz CT molecular complexity index is 696. The van der Waals surface area contributed by atoms with Gasteiger partial charge in [-0.25, -0.2) is 8.42 Å². The van der Waals surface area contributed by atoms with Crippen molar-refractivity contribution in [2.45, 2.75) is 31.8 Å². The molecule has 0 radical (unpaired) electrons. The first kappa shape index (κ1) is 15.0. The first-order chi connectivity index (χ1) is 9.32. The van der Waals surface area contributed by atoms with E-state index >= 15 is 0 Å². The van der Waals surface area contributed by atoms with E-state index in [4.69, 9.17) is 10.7 Å². The third-order valence-electron chi connectivity index (χ3n) is 3.30. The van der Waals surface area contributed by atoms with Crippen LogP contribution in [0.4, 0.5) is 0 Å². The molecule has 7 heteroatoms. The van der Waals surface area contributed by atoms with Crippen LogP contribution in [-0.2, 0) is 9.05 Å². The molecule has 0 aliphatic heterocycles. The van der Waals surface area contributed by atoms with E-state index in [2.05, 4.69) is 10.2 Å². The molecule has 0 N–H and O–H groups in total. The van der Waals surface area contributed by atoms with Gasteiger partial charge in [0.1, 0.15) is 5.82 Å². The lowest BCUT2D eigenvalue weighted by molar-refractivity contribution is 0.500. The SMILES string of the molecule is CC(C)C(C)c1nnc(S(=O)(=O)Cl)n1-c1ccccc1. The van der Waals surface area contributed by atoms with Crippen molar-refractivity contribution in [3.05, 3.63) is 36.2 Å². The van der Waals surface area contributed by atoms with Crippen molar-refractivity contribution in [3.8, 4) is 5.69 Å². The molecule has 1 aromatic heterocycles. The van der Waals surface area contributed by atoms with Gasteiger partial charge < -0.3 is 0 Å². The van der Waals surface area contributed by atoms with E-state index in [9.17, 15) is 8.42 Å². The minimum absolute atomic E-state index is 0.0508. The summed E-state index contributed by atoms with van der Waals surface area (Å²) in [5.74, 6) is 0.938. The second kappa shape index (κ2) is 5.54. The van der Waals surface area contributed by atoms with Gasteiger partial charge in [-0.15, -0.1) is 10.2 Å². The molecule has 2 aromatic rings. The zero-order valence-corrected chi connectivity index (χ0v) is 13.1. The average Bonchev–Trinajstić information content (AvgIpc) is 2.83. The molecule has 0 aliphatic carbocycles. The van der Waals surface area contributed by atoms with Gasteiger partial charge in [0.2, 0.25) is 0 Å². The lowest BCUT2D eigenvalue weighted by Crippen LogP contribution is -2.12. The molecule has 1 unspecified atom stereocenters. The van der Waals surface area contributed by atoms with Crippen LogP contribution in [0.5, 0.6) is 0 Å². The van der Waals surface area contributed by atoms with Crippen molar-refractivity contribution in [1.29, 1.82) is 0 Å². The van der Waals surface area contributed by atoms with E-state index in [1.54, 1.807) is 12.1 Å². The maximum atomic E-state index is 11.7. The van der Waals surface area contributed by atoms with Gasteiger partial charge in [-0.05, 0) is 18.1 Å². The maximum absolute atomic E-state index is 11.7. The number of rotatable bonds is 4. The topological polar surface area (TPSA) is 64.8 Å². The quantitative estimate of drug-likeness (QED) is 0.814. The predicted octanol–water partition coefficient (Wildman–Crippen LogP) is 2.95. The molecule has 108 valence electrons. The Labute approximate surface area is 123 Å². The van der Waals surface area contributed by atoms with Crippen LogP contribution in [0, 0.1) is 5.92 Å². The Morgan fingerprint density at radius 2 is 1.70 bits per heavy atom. The highest BCUT2D eigenvalue weighted by molar-refractivity contribution is 8.13. The molecule has 1 atom stereocenters. The van der Waals surface area contributed by atoms with Crippen molar-refractivity contribution in [1.82, 2.24) is 14.8 Å². The minimum Gasteiger partial charge on any atom is -0.269 e. The summed E-state index contributed by atoms with van der Waals surface area (Å²) in [5.41, 5.74) is 0.680. The molecule has 0 saturated heterocycles. The van der Waals surface area contributed by atoms with Crippen molar-refractivity contribution >= 4 is 19.7 Å². The van der Waals surface area contributed by atoms with Crippen molar-refractivity contribution < 1.29 is 8.42 Å². The molecule has 0 saturated carbocycles. The standard InChI is InChI=1S/C13H16ClN3O2S/c1-9(2)10(3)12-15-16-13(20(14,18)19)17(12)11-7-5-4-6-8-11/h4-10H,1-3H3. The molecular formula is C13H16ClN3O2S. The first-order valence-electron chi connectivity index (χ1n) is 6.27. The third-order valence-corrected chi connectivity index (χ3v) is 4.41. The van der Waals surface area contributed by atoms with Crippen LogP contribution >= 0.6 is 10.7 Å². The second-order valence-electron chi connectivity index (χ2n) is 4.98. The van der Waals surface area contributed by atoms with E-state index in [1.807, 2.05) is 39.0 Å². The Hall–Kier alpha value is -1.40. The summed E-state index contributed by atoms with van der Waals surface area (Å²) >= 11 is 0. The van der Waals surface area contributed by atoms with Crippen molar-refractivity contribution in [2.75, 3.05) is 0 Å². The number of nitrogens with zero attached hydrogens (tertiary/aromatic N) is 3. The smallest absolute Gasteiger partial charge is 0.269 e. The molecule has 0 spiro atoms. The Kier molecular flexibility index (Phi) is 4.15. The normalized spacial score (nSPS) is 13.7. The Morgan fingerprint density at radius 1 is 1.10 bits per heavy atom. The lowest BCUT2D eigenvalue weighted by Gasteiger charge is -2.16. The largest absolute Gasteiger partial charge is 0.297 e. The molecule has 20 heavy (non-hydrogen) atoms. The van der Waals surface area contributed by atoms with Gasteiger partial charge in [-0.2, -0.15) is 0 Å². The van der Waals surface area contributed by atoms with Crippen LogP contribution in [0.1, 0.15) is 32.5 Å². The minimum atomic E-state index is -3.96. The molecule has 5 nitrogen and oxygen atoms in total. The zero-order chi connectivity index (χ0) is 14.9. The molecule has 1 heterocycles. The number of benzene rings is 1. The number of hydrogen-bond acceptors (Lipinski definition) is 4. The van der Waals surface area contributed by atoms with Gasteiger partial charge in [0.25, 0.3) is 14.2 Å². The Morgan fingerprint density at radius 3 is 2.20 bits per heavy atom. The average molecular weight is 314 g/mol. The van der Waals surface area contributed by atoms with E-state index < -0.39 is 9.05 Å². The van der Waals surface area contributed by atoms with E-state index in [0.29, 0.717) is 17.4 Å². The van der Waals surface area contributed by atoms with Gasteiger partial charge in [-0.1, -0.05) is 39.0 Å². The first-order valence-corrected chi connectivity index (χ1v) is 8.58. The van der Waals surface area contributed by atoms with E-state index in [1.165, 1.54) is 4.57 Å². The van der Waals surface area contributed by atoms with Gasteiger partial charge in [0, 0.05) is 22.3 Å². The molecule has 0 bridgehead atoms. The fourth-order valence-corrected chi connectivity index (χ4v) is 2.71. The maximum Gasteiger partial charge on any atom is 0.297 e. The number of hydrogen-bond donors (Lipinski definition) is 0. The molecule has 0 fully saturated rings. The summed E-state index contributed by atoms with van der Waals surface area (Å²) in [6.07, 6.45) is 0. The summed E-state index contributed by atoms with van der Waals surface area (Å²) < 4.78 is 24.9.